The standard InChI is InChI=1S/C11H20N4O2/c1-14-5-7-15(8-6-14)10(16)11(3-2-4-11)9(12)13-17/h17H,2-8H2,1H3,(H2,12,13). The molecule has 6 heteroatoms. The number of hydrogen-bond donors (Lipinski definition) is 2. The maximum Gasteiger partial charge on any atom is 0.236 e. The number of carbonyl (C=O) groups is 1. The lowest BCUT2D eigenvalue weighted by Gasteiger charge is -2.44. The molecule has 0 aromatic rings. The molecule has 0 spiro atoms. The van der Waals surface area contributed by atoms with Crippen LogP contribution in [0.15, 0.2) is 5.16 Å². The molecule has 1 saturated carbocycles. The van der Waals surface area contributed by atoms with Crippen molar-refractivity contribution in [3.63, 3.8) is 0 Å². The summed E-state index contributed by atoms with van der Waals surface area (Å²) in [7, 11) is 2.05. The van der Waals surface area contributed by atoms with Gasteiger partial charge in [-0.15, -0.1) is 0 Å². The van der Waals surface area contributed by atoms with Gasteiger partial charge < -0.3 is 20.7 Å². The molecule has 0 radical (unpaired) electrons. The zero-order chi connectivity index (χ0) is 12.5. The monoisotopic (exact) mass is 240 g/mol. The summed E-state index contributed by atoms with van der Waals surface area (Å²) in [5.74, 6) is 0.111. The van der Waals surface area contributed by atoms with E-state index in [0.717, 1.165) is 32.6 Å². The van der Waals surface area contributed by atoms with Crippen molar-refractivity contribution in [1.29, 1.82) is 0 Å². The Kier molecular flexibility index (Phi) is 3.24. The highest BCUT2D eigenvalue weighted by molar-refractivity contribution is 6.07. The molecule has 1 aliphatic carbocycles. The van der Waals surface area contributed by atoms with Gasteiger partial charge in [0.2, 0.25) is 5.91 Å². The summed E-state index contributed by atoms with van der Waals surface area (Å²) < 4.78 is 0. The second-order valence-corrected chi connectivity index (χ2v) is 5.02. The van der Waals surface area contributed by atoms with Gasteiger partial charge in [0, 0.05) is 26.2 Å². The summed E-state index contributed by atoms with van der Waals surface area (Å²) in [6.45, 7) is 3.24. The third kappa shape index (κ3) is 1.97. The van der Waals surface area contributed by atoms with Crippen LogP contribution in [0, 0.1) is 5.41 Å². The van der Waals surface area contributed by atoms with Crippen LogP contribution in [0.2, 0.25) is 0 Å². The molecule has 0 bridgehead atoms. The van der Waals surface area contributed by atoms with Gasteiger partial charge in [-0.25, -0.2) is 0 Å². The molecule has 0 aromatic heterocycles. The van der Waals surface area contributed by atoms with E-state index in [0.29, 0.717) is 12.8 Å². The van der Waals surface area contributed by atoms with Gasteiger partial charge in [0.05, 0.1) is 0 Å². The first-order valence-electron chi connectivity index (χ1n) is 6.06. The lowest BCUT2D eigenvalue weighted by molar-refractivity contribution is -0.143. The Bertz CT molecular complexity index is 330. The van der Waals surface area contributed by atoms with Crippen LogP contribution in [0.25, 0.3) is 0 Å². The zero-order valence-electron chi connectivity index (χ0n) is 10.2. The van der Waals surface area contributed by atoms with Crippen molar-refractivity contribution in [1.82, 2.24) is 9.80 Å². The molecule has 0 unspecified atom stereocenters. The number of carbonyl (C=O) groups excluding carboxylic acids is 1. The number of piperazine rings is 1. The minimum Gasteiger partial charge on any atom is -0.409 e. The number of nitrogens with zero attached hydrogens (tertiary/aromatic N) is 3. The van der Waals surface area contributed by atoms with Crippen molar-refractivity contribution < 1.29 is 10.0 Å². The molecule has 2 fully saturated rings. The third-order valence-electron chi connectivity index (χ3n) is 4.01. The number of nitrogens with two attached hydrogens (primary N) is 1. The molecule has 3 N–H and O–H groups in total. The maximum absolute atomic E-state index is 12.4. The molecule has 6 nitrogen and oxygen atoms in total. The minimum atomic E-state index is -0.718. The van der Waals surface area contributed by atoms with E-state index < -0.39 is 5.41 Å². The molecule has 0 atom stereocenters. The molecule has 0 aromatic carbocycles. The highest BCUT2D eigenvalue weighted by Gasteiger charge is 2.50. The fraction of sp³-hybridized carbons (Fsp3) is 0.818. The van der Waals surface area contributed by atoms with Crippen LogP contribution in [0.4, 0.5) is 0 Å². The largest absolute Gasteiger partial charge is 0.409 e. The summed E-state index contributed by atoms with van der Waals surface area (Å²) in [5.41, 5.74) is 4.97. The van der Waals surface area contributed by atoms with E-state index in [2.05, 4.69) is 10.1 Å². The Hall–Kier alpha value is -1.30. The first-order valence-corrected chi connectivity index (χ1v) is 6.06. The van der Waals surface area contributed by atoms with Gasteiger partial charge in [-0.3, -0.25) is 4.79 Å². The van der Waals surface area contributed by atoms with Crippen molar-refractivity contribution in [2.24, 2.45) is 16.3 Å². The van der Waals surface area contributed by atoms with Gasteiger partial charge in [-0.05, 0) is 19.9 Å². The van der Waals surface area contributed by atoms with Crippen LogP contribution in [0.5, 0.6) is 0 Å². The van der Waals surface area contributed by atoms with E-state index in [1.165, 1.54) is 0 Å². The fourth-order valence-corrected chi connectivity index (χ4v) is 2.52. The second kappa shape index (κ2) is 4.52. The molecule has 1 heterocycles. The van der Waals surface area contributed by atoms with E-state index in [4.69, 9.17) is 10.9 Å². The Morgan fingerprint density at radius 1 is 1.29 bits per heavy atom. The predicted octanol–water partition coefficient (Wildman–Crippen LogP) is -0.323. The van der Waals surface area contributed by atoms with Crippen molar-refractivity contribution in [2.45, 2.75) is 19.3 Å². The van der Waals surface area contributed by atoms with Gasteiger partial charge in [-0.1, -0.05) is 11.6 Å². The number of likely N-dealkylation sites (N-methyl/N-ethyl adjacent to an activating group) is 1. The molecule has 17 heavy (non-hydrogen) atoms. The minimum absolute atomic E-state index is 0.0344. The highest BCUT2D eigenvalue weighted by Crippen LogP contribution is 2.42. The molecule has 2 aliphatic rings. The zero-order valence-corrected chi connectivity index (χ0v) is 10.2. The normalized spacial score (nSPS) is 25.5. The van der Waals surface area contributed by atoms with Crippen LogP contribution >= 0.6 is 0 Å². The highest BCUT2D eigenvalue weighted by atomic mass is 16.4. The molecule has 2 rings (SSSR count). The molecule has 1 aliphatic heterocycles. The van der Waals surface area contributed by atoms with Gasteiger partial charge in [0.25, 0.3) is 0 Å². The first kappa shape index (κ1) is 12.2. The average molecular weight is 240 g/mol. The number of rotatable bonds is 2. The van der Waals surface area contributed by atoms with E-state index in [1.54, 1.807) is 0 Å². The summed E-state index contributed by atoms with van der Waals surface area (Å²) in [6.07, 6.45) is 2.37. The molecular formula is C11H20N4O2. The number of amides is 1. The Labute approximate surface area is 101 Å². The molecular weight excluding hydrogens is 220 g/mol. The molecule has 96 valence electrons. The first-order chi connectivity index (χ1) is 8.10. The average Bonchev–Trinajstić information content (AvgIpc) is 2.28. The topological polar surface area (TPSA) is 82.2 Å². The Balaban J connectivity index is 2.08. The maximum atomic E-state index is 12.4. The van der Waals surface area contributed by atoms with Crippen LogP contribution in [0.3, 0.4) is 0 Å². The van der Waals surface area contributed by atoms with Gasteiger partial charge in [-0.2, -0.15) is 0 Å². The van der Waals surface area contributed by atoms with Crippen molar-refractivity contribution in [3.05, 3.63) is 0 Å². The number of amidine groups is 1. The van der Waals surface area contributed by atoms with E-state index in [9.17, 15) is 4.79 Å². The van der Waals surface area contributed by atoms with Crippen LogP contribution < -0.4 is 5.73 Å². The lowest BCUT2D eigenvalue weighted by Crippen LogP contribution is -2.58. The summed E-state index contributed by atoms with van der Waals surface area (Å²) in [6, 6.07) is 0. The Morgan fingerprint density at radius 2 is 1.88 bits per heavy atom. The van der Waals surface area contributed by atoms with Crippen LogP contribution in [-0.4, -0.2) is 60.0 Å². The third-order valence-corrected chi connectivity index (χ3v) is 4.01. The van der Waals surface area contributed by atoms with Crippen LogP contribution in [-0.2, 0) is 4.79 Å². The quantitative estimate of drug-likeness (QED) is 0.300. The van der Waals surface area contributed by atoms with Crippen molar-refractivity contribution in [2.75, 3.05) is 33.2 Å². The van der Waals surface area contributed by atoms with Crippen LogP contribution in [0.1, 0.15) is 19.3 Å². The van der Waals surface area contributed by atoms with E-state index >= 15 is 0 Å². The second-order valence-electron chi connectivity index (χ2n) is 5.02. The summed E-state index contributed by atoms with van der Waals surface area (Å²) >= 11 is 0. The van der Waals surface area contributed by atoms with Gasteiger partial charge in [0.15, 0.2) is 5.84 Å². The summed E-state index contributed by atoms with van der Waals surface area (Å²) in [4.78, 5) is 16.5. The predicted molar refractivity (Wildman–Crippen MR) is 63.8 cm³/mol. The molecule has 1 amide bonds. The fourth-order valence-electron chi connectivity index (χ4n) is 2.52. The SMILES string of the molecule is CN1CCN(C(=O)C2(C(N)=NO)CCC2)CC1. The molecule has 1 saturated heterocycles. The van der Waals surface area contributed by atoms with Crippen molar-refractivity contribution >= 4 is 11.7 Å². The smallest absolute Gasteiger partial charge is 0.236 e. The number of hydrogen-bond acceptors (Lipinski definition) is 4. The van der Waals surface area contributed by atoms with Crippen molar-refractivity contribution in [3.8, 4) is 0 Å². The Morgan fingerprint density at radius 3 is 2.29 bits per heavy atom. The number of oxime groups is 1. The van der Waals surface area contributed by atoms with E-state index in [1.807, 2.05) is 11.9 Å². The van der Waals surface area contributed by atoms with E-state index in [-0.39, 0.29) is 11.7 Å². The van der Waals surface area contributed by atoms with Gasteiger partial charge >= 0.3 is 0 Å². The summed E-state index contributed by atoms with van der Waals surface area (Å²) in [5, 5.41) is 11.9. The lowest BCUT2D eigenvalue weighted by atomic mass is 9.66. The van der Waals surface area contributed by atoms with Gasteiger partial charge in [0.1, 0.15) is 5.41 Å².